The SMILES string of the molecule is CCC(C)(N)C(=O)Nc1cc(S(C)(=O)=O)ccc1C. The number of nitrogens with one attached hydrogen (secondary N) is 1. The molecular formula is C13H20N2O3S. The number of carbonyl (C=O) groups is 1. The van der Waals surface area contributed by atoms with Crippen molar-refractivity contribution in [3.63, 3.8) is 0 Å². The van der Waals surface area contributed by atoms with E-state index in [1.807, 2.05) is 6.92 Å². The van der Waals surface area contributed by atoms with Crippen LogP contribution in [0.1, 0.15) is 25.8 Å². The van der Waals surface area contributed by atoms with E-state index in [2.05, 4.69) is 5.32 Å². The van der Waals surface area contributed by atoms with Gasteiger partial charge in [-0.15, -0.1) is 0 Å². The lowest BCUT2D eigenvalue weighted by Crippen LogP contribution is -2.47. The number of hydrogen-bond donors (Lipinski definition) is 2. The van der Waals surface area contributed by atoms with Gasteiger partial charge < -0.3 is 11.1 Å². The first kappa shape index (κ1) is 15.7. The van der Waals surface area contributed by atoms with E-state index in [1.165, 1.54) is 12.1 Å². The van der Waals surface area contributed by atoms with Gasteiger partial charge in [-0.25, -0.2) is 8.42 Å². The monoisotopic (exact) mass is 284 g/mol. The molecule has 0 aliphatic rings. The Balaban J connectivity index is 3.12. The summed E-state index contributed by atoms with van der Waals surface area (Å²) in [4.78, 5) is 12.2. The molecule has 3 N–H and O–H groups in total. The second-order valence-corrected chi connectivity index (χ2v) is 6.99. The van der Waals surface area contributed by atoms with Gasteiger partial charge >= 0.3 is 0 Å². The number of rotatable bonds is 4. The van der Waals surface area contributed by atoms with Crippen LogP contribution in [-0.2, 0) is 14.6 Å². The summed E-state index contributed by atoms with van der Waals surface area (Å²) in [6.45, 7) is 5.25. The molecule has 0 aliphatic heterocycles. The van der Waals surface area contributed by atoms with Gasteiger partial charge in [-0.05, 0) is 38.0 Å². The molecule has 1 unspecified atom stereocenters. The third-order valence-corrected chi connectivity index (χ3v) is 4.25. The fraction of sp³-hybridized carbons (Fsp3) is 0.462. The number of sulfone groups is 1. The molecule has 0 aliphatic carbocycles. The fourth-order valence-electron chi connectivity index (χ4n) is 1.39. The highest BCUT2D eigenvalue weighted by Crippen LogP contribution is 2.21. The molecule has 0 bridgehead atoms. The van der Waals surface area contributed by atoms with E-state index in [9.17, 15) is 13.2 Å². The van der Waals surface area contributed by atoms with Crippen LogP contribution < -0.4 is 11.1 Å². The first-order valence-electron chi connectivity index (χ1n) is 5.99. The van der Waals surface area contributed by atoms with Gasteiger partial charge in [0.2, 0.25) is 5.91 Å². The van der Waals surface area contributed by atoms with Crippen LogP contribution in [0.15, 0.2) is 23.1 Å². The van der Waals surface area contributed by atoms with Crippen LogP contribution in [0.5, 0.6) is 0 Å². The molecule has 106 valence electrons. The topological polar surface area (TPSA) is 89.3 Å². The molecular weight excluding hydrogens is 264 g/mol. The summed E-state index contributed by atoms with van der Waals surface area (Å²) in [5.41, 5.74) is 6.13. The van der Waals surface area contributed by atoms with Crippen molar-refractivity contribution < 1.29 is 13.2 Å². The van der Waals surface area contributed by atoms with Crippen molar-refractivity contribution in [2.24, 2.45) is 5.73 Å². The van der Waals surface area contributed by atoms with Crippen LogP contribution in [0.25, 0.3) is 0 Å². The largest absolute Gasteiger partial charge is 0.324 e. The minimum absolute atomic E-state index is 0.170. The van der Waals surface area contributed by atoms with Crippen LogP contribution in [0.2, 0.25) is 0 Å². The molecule has 1 rings (SSSR count). The third-order valence-electron chi connectivity index (χ3n) is 3.14. The van der Waals surface area contributed by atoms with Crippen molar-refractivity contribution in [1.82, 2.24) is 0 Å². The maximum Gasteiger partial charge on any atom is 0.244 e. The lowest BCUT2D eigenvalue weighted by atomic mass is 9.99. The van der Waals surface area contributed by atoms with E-state index in [0.29, 0.717) is 12.1 Å². The number of hydrogen-bond acceptors (Lipinski definition) is 4. The van der Waals surface area contributed by atoms with E-state index in [0.717, 1.165) is 11.8 Å². The van der Waals surface area contributed by atoms with Gasteiger partial charge in [0.1, 0.15) is 0 Å². The highest BCUT2D eigenvalue weighted by Gasteiger charge is 2.26. The van der Waals surface area contributed by atoms with Gasteiger partial charge in [0.15, 0.2) is 9.84 Å². The average molecular weight is 284 g/mol. The van der Waals surface area contributed by atoms with Crippen molar-refractivity contribution in [1.29, 1.82) is 0 Å². The molecule has 1 aromatic rings. The van der Waals surface area contributed by atoms with E-state index < -0.39 is 15.4 Å². The third kappa shape index (κ3) is 3.78. The van der Waals surface area contributed by atoms with Crippen LogP contribution in [-0.4, -0.2) is 26.1 Å². The quantitative estimate of drug-likeness (QED) is 0.876. The van der Waals surface area contributed by atoms with Gasteiger partial charge in [0.25, 0.3) is 0 Å². The number of aryl methyl sites for hydroxylation is 1. The summed E-state index contributed by atoms with van der Waals surface area (Å²) in [5, 5.41) is 2.69. The molecule has 1 atom stereocenters. The Kier molecular flexibility index (Phi) is 4.37. The van der Waals surface area contributed by atoms with Gasteiger partial charge in [0, 0.05) is 11.9 Å². The highest BCUT2D eigenvalue weighted by molar-refractivity contribution is 7.90. The average Bonchev–Trinajstić information content (AvgIpc) is 2.30. The Morgan fingerprint density at radius 1 is 1.42 bits per heavy atom. The molecule has 6 heteroatoms. The van der Waals surface area contributed by atoms with Gasteiger partial charge in [-0.3, -0.25) is 4.79 Å². The predicted molar refractivity (Wildman–Crippen MR) is 75.8 cm³/mol. The Morgan fingerprint density at radius 3 is 2.47 bits per heavy atom. The number of anilines is 1. The van der Waals surface area contributed by atoms with E-state index >= 15 is 0 Å². The Hall–Kier alpha value is -1.40. The zero-order valence-electron chi connectivity index (χ0n) is 11.6. The van der Waals surface area contributed by atoms with Gasteiger partial charge in [0.05, 0.1) is 10.4 Å². The summed E-state index contributed by atoms with van der Waals surface area (Å²) >= 11 is 0. The standard InChI is InChI=1S/C13H20N2O3S/c1-5-13(3,14)12(16)15-11-8-10(19(4,17)18)7-6-9(11)2/h6-8H,5,14H2,1-4H3,(H,15,16). The first-order chi connectivity index (χ1) is 8.58. The molecule has 0 spiro atoms. The molecule has 0 radical (unpaired) electrons. The zero-order chi connectivity index (χ0) is 14.8. The summed E-state index contributed by atoms with van der Waals surface area (Å²) in [6.07, 6.45) is 1.62. The first-order valence-corrected chi connectivity index (χ1v) is 7.88. The lowest BCUT2D eigenvalue weighted by molar-refractivity contribution is -0.120. The predicted octanol–water partition coefficient (Wildman–Crippen LogP) is 1.46. The van der Waals surface area contributed by atoms with Crippen LogP contribution in [0, 0.1) is 6.92 Å². The van der Waals surface area contributed by atoms with E-state index in [4.69, 9.17) is 5.73 Å². The molecule has 1 aromatic carbocycles. The molecule has 0 aromatic heterocycles. The minimum atomic E-state index is -3.30. The fourth-order valence-corrected chi connectivity index (χ4v) is 2.04. The molecule has 1 amide bonds. The lowest BCUT2D eigenvalue weighted by Gasteiger charge is -2.22. The van der Waals surface area contributed by atoms with Crippen molar-refractivity contribution >= 4 is 21.4 Å². The maximum absolute atomic E-state index is 12.0. The van der Waals surface area contributed by atoms with Crippen LogP contribution in [0.3, 0.4) is 0 Å². The summed E-state index contributed by atoms with van der Waals surface area (Å²) in [7, 11) is -3.30. The number of nitrogens with two attached hydrogens (primary N) is 1. The van der Waals surface area contributed by atoms with Crippen LogP contribution in [0.4, 0.5) is 5.69 Å². The molecule has 0 heterocycles. The summed E-state index contributed by atoms with van der Waals surface area (Å²) in [6, 6.07) is 4.63. The summed E-state index contributed by atoms with van der Waals surface area (Å²) < 4.78 is 23.0. The molecule has 0 saturated carbocycles. The van der Waals surface area contributed by atoms with E-state index in [1.54, 1.807) is 19.9 Å². The van der Waals surface area contributed by atoms with Crippen molar-refractivity contribution in [2.45, 2.75) is 37.6 Å². The van der Waals surface area contributed by atoms with Gasteiger partial charge in [-0.2, -0.15) is 0 Å². The van der Waals surface area contributed by atoms with Crippen LogP contribution >= 0.6 is 0 Å². The van der Waals surface area contributed by atoms with E-state index in [-0.39, 0.29) is 10.8 Å². The second kappa shape index (κ2) is 5.30. The maximum atomic E-state index is 12.0. The Morgan fingerprint density at radius 2 is 2.00 bits per heavy atom. The molecule has 19 heavy (non-hydrogen) atoms. The van der Waals surface area contributed by atoms with Crippen molar-refractivity contribution in [3.05, 3.63) is 23.8 Å². The smallest absolute Gasteiger partial charge is 0.244 e. The Bertz CT molecular complexity index is 592. The Labute approximate surface area is 114 Å². The van der Waals surface area contributed by atoms with Crippen molar-refractivity contribution in [2.75, 3.05) is 11.6 Å². The summed E-state index contributed by atoms with van der Waals surface area (Å²) in [5.74, 6) is -0.330. The molecule has 0 fully saturated rings. The second-order valence-electron chi connectivity index (χ2n) is 4.97. The normalized spacial score (nSPS) is 14.8. The number of amides is 1. The number of carbonyl (C=O) groups excluding carboxylic acids is 1. The number of benzene rings is 1. The van der Waals surface area contributed by atoms with Crippen molar-refractivity contribution in [3.8, 4) is 0 Å². The molecule has 5 nitrogen and oxygen atoms in total. The minimum Gasteiger partial charge on any atom is -0.324 e. The highest BCUT2D eigenvalue weighted by atomic mass is 32.2. The van der Waals surface area contributed by atoms with Gasteiger partial charge in [-0.1, -0.05) is 13.0 Å². The molecule has 0 saturated heterocycles. The zero-order valence-corrected chi connectivity index (χ0v) is 12.5.